The van der Waals surface area contributed by atoms with Crippen molar-refractivity contribution in [1.82, 2.24) is 0 Å². The van der Waals surface area contributed by atoms with Gasteiger partial charge in [0, 0.05) is 10.6 Å². The Morgan fingerprint density at radius 2 is 1.83 bits per heavy atom. The lowest BCUT2D eigenvalue weighted by molar-refractivity contribution is 0.622. The topological polar surface area (TPSA) is 43.1 Å². The fourth-order valence-corrected chi connectivity index (χ4v) is 2.71. The van der Waals surface area contributed by atoms with E-state index in [4.69, 9.17) is 5.73 Å². The summed E-state index contributed by atoms with van der Waals surface area (Å²) in [5, 5.41) is 0. The van der Waals surface area contributed by atoms with Gasteiger partial charge in [-0.2, -0.15) is 0 Å². The normalized spacial score (nSPS) is 12.3. The number of nitrogen functional groups attached to an aromatic ring is 1. The minimum atomic E-state index is -1.42. The lowest BCUT2D eigenvalue weighted by Gasteiger charge is -2.04. The molecule has 0 bridgehead atoms. The fourth-order valence-electron chi connectivity index (χ4n) is 1.60. The van der Waals surface area contributed by atoms with Gasteiger partial charge in [0.15, 0.2) is 0 Å². The van der Waals surface area contributed by atoms with Crippen molar-refractivity contribution in [3.05, 3.63) is 59.7 Å². The van der Waals surface area contributed by atoms with Gasteiger partial charge in [-0.25, -0.2) is 8.78 Å². The maximum atomic E-state index is 13.1. The van der Waals surface area contributed by atoms with Gasteiger partial charge in [-0.3, -0.25) is 4.21 Å². The Bertz CT molecular complexity index is 581. The van der Waals surface area contributed by atoms with Gasteiger partial charge >= 0.3 is 0 Å². The molecule has 94 valence electrons. The first-order valence-electron chi connectivity index (χ1n) is 5.23. The maximum absolute atomic E-state index is 13.1. The number of hydrogen-bond donors (Lipinski definition) is 1. The van der Waals surface area contributed by atoms with Crippen LogP contribution in [0.4, 0.5) is 14.5 Å². The van der Waals surface area contributed by atoms with E-state index in [9.17, 15) is 13.0 Å². The molecule has 0 spiro atoms. The summed E-state index contributed by atoms with van der Waals surface area (Å²) >= 11 is 0. The van der Waals surface area contributed by atoms with E-state index in [0.29, 0.717) is 10.5 Å². The first kappa shape index (κ1) is 12.7. The van der Waals surface area contributed by atoms with Gasteiger partial charge in [-0.1, -0.05) is 6.07 Å². The Morgan fingerprint density at radius 1 is 1.06 bits per heavy atom. The largest absolute Gasteiger partial charge is 0.399 e. The van der Waals surface area contributed by atoms with E-state index in [1.54, 1.807) is 12.1 Å². The van der Waals surface area contributed by atoms with Gasteiger partial charge < -0.3 is 5.73 Å². The molecule has 0 aromatic heterocycles. The summed E-state index contributed by atoms with van der Waals surface area (Å²) in [6.07, 6.45) is 0. The van der Waals surface area contributed by atoms with E-state index in [-0.39, 0.29) is 11.4 Å². The minimum Gasteiger partial charge on any atom is -0.399 e. The predicted octanol–water partition coefficient (Wildman–Crippen LogP) is 2.85. The molecule has 2 N–H and O–H groups in total. The second kappa shape index (κ2) is 5.27. The van der Waals surface area contributed by atoms with Crippen molar-refractivity contribution < 1.29 is 13.0 Å². The molecule has 1 atom stereocenters. The highest BCUT2D eigenvalue weighted by Crippen LogP contribution is 2.16. The maximum Gasteiger partial charge on any atom is 0.125 e. The molecule has 0 radical (unpaired) electrons. The van der Waals surface area contributed by atoms with Crippen LogP contribution in [-0.4, -0.2) is 4.21 Å². The Balaban J connectivity index is 2.21. The van der Waals surface area contributed by atoms with E-state index >= 15 is 0 Å². The molecule has 2 nitrogen and oxygen atoms in total. The third kappa shape index (κ3) is 3.13. The molecule has 0 fully saturated rings. The number of benzene rings is 2. The zero-order chi connectivity index (χ0) is 13.1. The monoisotopic (exact) mass is 267 g/mol. The Kier molecular flexibility index (Phi) is 3.72. The van der Waals surface area contributed by atoms with Gasteiger partial charge in [0.1, 0.15) is 11.6 Å². The molecule has 0 amide bonds. The van der Waals surface area contributed by atoms with Crippen LogP contribution in [0.15, 0.2) is 47.4 Å². The summed E-state index contributed by atoms with van der Waals surface area (Å²) in [7, 11) is -1.42. The summed E-state index contributed by atoms with van der Waals surface area (Å²) in [6.45, 7) is 0. The molecule has 2 aromatic rings. The molecule has 0 aliphatic rings. The highest BCUT2D eigenvalue weighted by atomic mass is 32.2. The van der Waals surface area contributed by atoms with Crippen molar-refractivity contribution in [3.8, 4) is 0 Å². The van der Waals surface area contributed by atoms with E-state index in [2.05, 4.69) is 0 Å². The van der Waals surface area contributed by atoms with Crippen LogP contribution in [0.3, 0.4) is 0 Å². The van der Waals surface area contributed by atoms with Gasteiger partial charge in [0.2, 0.25) is 0 Å². The fraction of sp³-hybridized carbons (Fsp3) is 0.0769. The van der Waals surface area contributed by atoms with Crippen LogP contribution in [0.25, 0.3) is 0 Å². The average molecular weight is 267 g/mol. The number of hydrogen-bond acceptors (Lipinski definition) is 2. The van der Waals surface area contributed by atoms with Crippen molar-refractivity contribution in [2.24, 2.45) is 0 Å². The smallest absolute Gasteiger partial charge is 0.125 e. The minimum absolute atomic E-state index is 0.103. The van der Waals surface area contributed by atoms with Gasteiger partial charge in [0.25, 0.3) is 0 Å². The molecule has 0 saturated carbocycles. The van der Waals surface area contributed by atoms with Crippen LogP contribution in [0.1, 0.15) is 5.56 Å². The molecular formula is C13H11F2NOS. The number of anilines is 1. The van der Waals surface area contributed by atoms with Crippen molar-refractivity contribution in [3.63, 3.8) is 0 Å². The van der Waals surface area contributed by atoms with Crippen LogP contribution >= 0.6 is 0 Å². The second-order valence-corrected chi connectivity index (χ2v) is 5.29. The molecule has 18 heavy (non-hydrogen) atoms. The van der Waals surface area contributed by atoms with E-state index in [0.717, 1.165) is 0 Å². The first-order valence-corrected chi connectivity index (χ1v) is 6.55. The first-order chi connectivity index (χ1) is 8.54. The Morgan fingerprint density at radius 3 is 2.50 bits per heavy atom. The third-order valence-corrected chi connectivity index (χ3v) is 3.71. The summed E-state index contributed by atoms with van der Waals surface area (Å²) in [5.41, 5.74) is 6.30. The number of halogens is 2. The summed E-state index contributed by atoms with van der Waals surface area (Å²) in [4.78, 5) is 0.373. The summed E-state index contributed by atoms with van der Waals surface area (Å²) in [5.74, 6) is -0.813. The molecule has 0 aliphatic heterocycles. The molecule has 0 heterocycles. The standard InChI is InChI=1S/C13H11F2NOS/c14-10-2-1-3-13(7-10)18(17)8-9-4-11(15)6-12(16)5-9/h1-7H,8,16H2. The van der Waals surface area contributed by atoms with Crippen LogP contribution in [0, 0.1) is 11.6 Å². The van der Waals surface area contributed by atoms with E-state index in [1.165, 1.54) is 30.3 Å². The summed E-state index contributed by atoms with van der Waals surface area (Å²) < 4.78 is 38.1. The van der Waals surface area contributed by atoms with Crippen molar-refractivity contribution in [2.75, 3.05) is 5.73 Å². The Hall–Kier alpha value is -1.75. The SMILES string of the molecule is Nc1cc(F)cc(CS(=O)c2cccc(F)c2)c1. The van der Waals surface area contributed by atoms with Crippen LogP contribution in [0.5, 0.6) is 0 Å². The lowest BCUT2D eigenvalue weighted by Crippen LogP contribution is -1.99. The molecule has 5 heteroatoms. The average Bonchev–Trinajstić information content (AvgIpc) is 2.27. The molecule has 2 aromatic carbocycles. The lowest BCUT2D eigenvalue weighted by atomic mass is 10.2. The zero-order valence-electron chi connectivity index (χ0n) is 9.40. The van der Waals surface area contributed by atoms with Crippen LogP contribution in [0.2, 0.25) is 0 Å². The predicted molar refractivity (Wildman–Crippen MR) is 67.3 cm³/mol. The molecule has 2 rings (SSSR count). The van der Waals surface area contributed by atoms with Crippen LogP contribution in [-0.2, 0) is 16.6 Å². The Labute approximate surface area is 106 Å². The second-order valence-electron chi connectivity index (χ2n) is 3.84. The zero-order valence-corrected chi connectivity index (χ0v) is 10.2. The van der Waals surface area contributed by atoms with E-state index < -0.39 is 22.4 Å². The molecule has 1 unspecified atom stereocenters. The van der Waals surface area contributed by atoms with Crippen LogP contribution < -0.4 is 5.73 Å². The van der Waals surface area contributed by atoms with Gasteiger partial charge in [-0.05, 0) is 42.0 Å². The third-order valence-electron chi connectivity index (χ3n) is 2.34. The summed E-state index contributed by atoms with van der Waals surface area (Å²) in [6, 6.07) is 9.56. The van der Waals surface area contributed by atoms with Crippen molar-refractivity contribution in [2.45, 2.75) is 10.6 Å². The van der Waals surface area contributed by atoms with Crippen molar-refractivity contribution >= 4 is 16.5 Å². The number of nitrogens with two attached hydrogens (primary N) is 1. The highest BCUT2D eigenvalue weighted by molar-refractivity contribution is 7.84. The number of rotatable bonds is 3. The van der Waals surface area contributed by atoms with Gasteiger partial charge in [0.05, 0.1) is 16.6 Å². The van der Waals surface area contributed by atoms with E-state index in [1.807, 2.05) is 0 Å². The quantitative estimate of drug-likeness (QED) is 0.869. The molecule has 0 aliphatic carbocycles. The molecular weight excluding hydrogens is 256 g/mol. The van der Waals surface area contributed by atoms with Crippen molar-refractivity contribution in [1.29, 1.82) is 0 Å². The molecule has 0 saturated heterocycles. The highest BCUT2D eigenvalue weighted by Gasteiger charge is 2.07. The van der Waals surface area contributed by atoms with Gasteiger partial charge in [-0.15, -0.1) is 0 Å².